The number of esters is 1. The number of carbonyl (C=O) groups is 1. The molecule has 1 heterocycles. The Morgan fingerprint density at radius 3 is 2.70 bits per heavy atom. The molecule has 10 heteroatoms. The van der Waals surface area contributed by atoms with Crippen molar-refractivity contribution in [3.05, 3.63) is 0 Å². The molecule has 3 aliphatic rings. The fraction of sp³-hybridized carbons (Fsp3) is 0.800. The zero-order valence-electron chi connectivity index (χ0n) is 10.1. The topological polar surface area (TPSA) is 89.9 Å². The number of hydrogen-bond acceptors (Lipinski definition) is 6. The van der Waals surface area contributed by atoms with Gasteiger partial charge in [-0.15, -0.1) is 0 Å². The van der Waals surface area contributed by atoms with Crippen molar-refractivity contribution in [1.82, 2.24) is 0 Å². The SMILES string of the molecule is C=S(O)C(F)(F)C(=O)OC1C2CC3C1OS(=O)(=O)C3C2. The van der Waals surface area contributed by atoms with E-state index in [-0.39, 0.29) is 18.3 Å². The second kappa shape index (κ2) is 4.21. The molecular formula is C10H12F2O6S2. The van der Waals surface area contributed by atoms with Gasteiger partial charge in [0.05, 0.1) is 5.25 Å². The van der Waals surface area contributed by atoms with E-state index in [1.165, 1.54) is 0 Å². The van der Waals surface area contributed by atoms with Crippen molar-refractivity contribution < 1.29 is 35.5 Å². The number of halogens is 2. The molecule has 1 aliphatic heterocycles. The number of rotatable bonds is 3. The van der Waals surface area contributed by atoms with Crippen LogP contribution in [0.25, 0.3) is 0 Å². The van der Waals surface area contributed by atoms with E-state index in [0.717, 1.165) is 0 Å². The van der Waals surface area contributed by atoms with Crippen molar-refractivity contribution in [2.24, 2.45) is 11.8 Å². The first-order valence-corrected chi connectivity index (χ1v) is 8.71. The van der Waals surface area contributed by atoms with Crippen LogP contribution in [-0.4, -0.2) is 47.5 Å². The van der Waals surface area contributed by atoms with Gasteiger partial charge >= 0.3 is 11.2 Å². The molecule has 114 valence electrons. The Morgan fingerprint density at radius 2 is 2.10 bits per heavy atom. The van der Waals surface area contributed by atoms with Crippen LogP contribution in [0.15, 0.2) is 0 Å². The third kappa shape index (κ3) is 1.85. The summed E-state index contributed by atoms with van der Waals surface area (Å²) in [6.07, 6.45) is -1.15. The fourth-order valence-corrected chi connectivity index (χ4v) is 5.45. The molecule has 0 spiro atoms. The summed E-state index contributed by atoms with van der Waals surface area (Å²) in [5.41, 5.74) is 0. The van der Waals surface area contributed by atoms with Gasteiger partial charge in [0.2, 0.25) is 0 Å². The summed E-state index contributed by atoms with van der Waals surface area (Å²) in [6, 6.07) is 0. The minimum Gasteiger partial charge on any atom is -0.454 e. The van der Waals surface area contributed by atoms with Crippen LogP contribution in [0, 0.1) is 11.8 Å². The predicted octanol–water partition coefficient (Wildman–Crippen LogP) is 0.802. The second-order valence-electron chi connectivity index (χ2n) is 5.24. The van der Waals surface area contributed by atoms with Crippen LogP contribution >= 0.6 is 10.8 Å². The molecule has 2 aliphatic carbocycles. The Morgan fingerprint density at radius 1 is 1.45 bits per heavy atom. The maximum Gasteiger partial charge on any atom is 0.405 e. The molecule has 3 rings (SSSR count). The van der Waals surface area contributed by atoms with Gasteiger partial charge in [0.15, 0.2) is 0 Å². The summed E-state index contributed by atoms with van der Waals surface area (Å²) in [6.45, 7) is 0. The maximum atomic E-state index is 13.3. The van der Waals surface area contributed by atoms with Crippen molar-refractivity contribution in [2.75, 3.05) is 0 Å². The van der Waals surface area contributed by atoms with E-state index >= 15 is 0 Å². The van der Waals surface area contributed by atoms with Gasteiger partial charge in [-0.05, 0) is 18.7 Å². The number of carbonyl (C=O) groups excluding carboxylic acids is 1. The van der Waals surface area contributed by atoms with Crippen molar-refractivity contribution in [1.29, 1.82) is 0 Å². The zero-order valence-corrected chi connectivity index (χ0v) is 11.7. The van der Waals surface area contributed by atoms with Gasteiger partial charge in [0.1, 0.15) is 12.2 Å². The molecule has 20 heavy (non-hydrogen) atoms. The highest BCUT2D eigenvalue weighted by Gasteiger charge is 2.66. The molecule has 0 aromatic rings. The van der Waals surface area contributed by atoms with Gasteiger partial charge in [-0.3, -0.25) is 4.18 Å². The Hall–Kier alpha value is -0.580. The Bertz CT molecular complexity index is 589. The van der Waals surface area contributed by atoms with E-state index in [1.807, 2.05) is 0 Å². The molecule has 2 bridgehead atoms. The van der Waals surface area contributed by atoms with Gasteiger partial charge in [-0.2, -0.15) is 17.2 Å². The summed E-state index contributed by atoms with van der Waals surface area (Å²) >= 11 is 0. The molecule has 0 amide bonds. The largest absolute Gasteiger partial charge is 0.454 e. The van der Waals surface area contributed by atoms with Crippen LogP contribution in [0.5, 0.6) is 0 Å². The minimum atomic E-state index is -4.10. The van der Waals surface area contributed by atoms with E-state index in [0.29, 0.717) is 6.42 Å². The lowest BCUT2D eigenvalue weighted by atomic mass is 9.94. The highest BCUT2D eigenvalue weighted by atomic mass is 32.2. The third-order valence-corrected chi connectivity index (χ3v) is 6.72. The normalized spacial score (nSPS) is 42.6. The first kappa shape index (κ1) is 14.4. The van der Waals surface area contributed by atoms with E-state index in [2.05, 4.69) is 5.87 Å². The highest BCUT2D eigenvalue weighted by molar-refractivity contribution is 8.10. The Balaban J connectivity index is 1.79. The summed E-state index contributed by atoms with van der Waals surface area (Å²) in [5.74, 6) is 0.245. The molecule has 0 aromatic heterocycles. The van der Waals surface area contributed by atoms with Crippen molar-refractivity contribution in [3.63, 3.8) is 0 Å². The molecule has 1 saturated heterocycles. The molecular weight excluding hydrogens is 318 g/mol. The highest BCUT2D eigenvalue weighted by Crippen LogP contribution is 2.55. The monoisotopic (exact) mass is 330 g/mol. The molecule has 6 atom stereocenters. The van der Waals surface area contributed by atoms with Crippen LogP contribution in [0.3, 0.4) is 0 Å². The smallest absolute Gasteiger partial charge is 0.405 e. The first-order chi connectivity index (χ1) is 9.14. The Labute approximate surface area is 116 Å². The van der Waals surface area contributed by atoms with Crippen molar-refractivity contribution >= 4 is 32.7 Å². The summed E-state index contributed by atoms with van der Waals surface area (Å²) < 4.78 is 68.3. The summed E-state index contributed by atoms with van der Waals surface area (Å²) in [4.78, 5) is 11.4. The second-order valence-corrected chi connectivity index (χ2v) is 8.26. The number of fused-ring (bicyclic) bond motifs is 1. The van der Waals surface area contributed by atoms with Crippen molar-refractivity contribution in [2.45, 2.75) is 35.6 Å². The lowest BCUT2D eigenvalue weighted by Gasteiger charge is -2.26. The minimum absolute atomic E-state index is 0.252. The van der Waals surface area contributed by atoms with Gasteiger partial charge in [0, 0.05) is 22.6 Å². The summed E-state index contributed by atoms with van der Waals surface area (Å²) in [7, 11) is -6.38. The van der Waals surface area contributed by atoms with Crippen LogP contribution in [-0.2, 0) is 23.8 Å². The van der Waals surface area contributed by atoms with Gasteiger partial charge in [-0.25, -0.2) is 4.79 Å². The molecule has 0 radical (unpaired) electrons. The van der Waals surface area contributed by atoms with E-state index < -0.39 is 49.6 Å². The van der Waals surface area contributed by atoms with Gasteiger partial charge in [0.25, 0.3) is 10.1 Å². The quantitative estimate of drug-likeness (QED) is 0.468. The van der Waals surface area contributed by atoms with E-state index in [9.17, 15) is 22.0 Å². The Kier molecular flexibility index (Phi) is 3.03. The van der Waals surface area contributed by atoms with Gasteiger partial charge < -0.3 is 9.29 Å². The standard InChI is InChI=1S/C10H12F2O6S2/c1-19(14)10(11,12)9(13)17-7-4-2-5-6(3-4)20(15,16)18-8(5)7/h4-8,14H,1-3H2. The van der Waals surface area contributed by atoms with Crippen LogP contribution in [0.2, 0.25) is 0 Å². The van der Waals surface area contributed by atoms with Crippen molar-refractivity contribution in [3.8, 4) is 0 Å². The van der Waals surface area contributed by atoms with Crippen LogP contribution < -0.4 is 0 Å². The fourth-order valence-electron chi connectivity index (χ4n) is 3.33. The lowest BCUT2D eigenvalue weighted by molar-refractivity contribution is -0.172. The number of hydrogen-bond donors (Lipinski definition) is 1. The third-order valence-electron chi connectivity index (χ3n) is 4.19. The maximum absolute atomic E-state index is 13.3. The molecule has 6 unspecified atom stereocenters. The molecule has 1 N–H and O–H groups in total. The average molecular weight is 330 g/mol. The number of alkyl halides is 2. The molecule has 3 fully saturated rings. The zero-order chi connectivity index (χ0) is 14.9. The summed E-state index contributed by atoms with van der Waals surface area (Å²) in [5, 5.41) is -4.72. The average Bonchev–Trinajstić information content (AvgIpc) is 2.92. The first-order valence-electron chi connectivity index (χ1n) is 5.89. The number of ether oxygens (including phenoxy) is 1. The van der Waals surface area contributed by atoms with E-state index in [1.54, 1.807) is 0 Å². The molecule has 2 saturated carbocycles. The van der Waals surface area contributed by atoms with Crippen LogP contribution in [0.4, 0.5) is 8.78 Å². The molecule has 0 aromatic carbocycles. The predicted molar refractivity (Wildman–Crippen MR) is 66.0 cm³/mol. The van der Waals surface area contributed by atoms with Gasteiger partial charge in [-0.1, -0.05) is 0 Å². The van der Waals surface area contributed by atoms with E-state index in [4.69, 9.17) is 13.5 Å². The molecule has 6 nitrogen and oxygen atoms in total. The lowest BCUT2D eigenvalue weighted by Crippen LogP contribution is -2.41. The van der Waals surface area contributed by atoms with Crippen LogP contribution in [0.1, 0.15) is 12.8 Å².